The van der Waals surface area contributed by atoms with Crippen molar-refractivity contribution in [1.29, 1.82) is 0 Å². The number of hydrogen-bond acceptors (Lipinski definition) is 2. The summed E-state index contributed by atoms with van der Waals surface area (Å²) in [5.74, 6) is -0.690. The molecule has 0 N–H and O–H groups in total. The van der Waals surface area contributed by atoms with Crippen LogP contribution < -0.4 is 0 Å². The lowest BCUT2D eigenvalue weighted by molar-refractivity contribution is 0.0989. The van der Waals surface area contributed by atoms with Gasteiger partial charge in [0, 0.05) is 11.1 Å². The zero-order valence-corrected chi connectivity index (χ0v) is 12.8. The summed E-state index contributed by atoms with van der Waals surface area (Å²) in [5, 5.41) is 3.04. The number of benzene rings is 2. The Morgan fingerprint density at radius 2 is 1.95 bits per heavy atom. The molecule has 0 radical (unpaired) electrons. The number of halogens is 2. The van der Waals surface area contributed by atoms with Gasteiger partial charge >= 0.3 is 0 Å². The number of hydrogen-bond donors (Lipinski definition) is 0. The van der Waals surface area contributed by atoms with E-state index in [0.29, 0.717) is 4.47 Å². The number of carbonyl (C=O) groups is 1. The summed E-state index contributed by atoms with van der Waals surface area (Å²) in [6.45, 7) is 0. The Balaban J connectivity index is 1.95. The van der Waals surface area contributed by atoms with Gasteiger partial charge in [-0.05, 0) is 50.5 Å². The van der Waals surface area contributed by atoms with Crippen LogP contribution in [0.3, 0.4) is 0 Å². The van der Waals surface area contributed by atoms with Crippen molar-refractivity contribution >= 4 is 43.1 Å². The molecule has 1 aromatic heterocycles. The van der Waals surface area contributed by atoms with Crippen LogP contribution in [0.1, 0.15) is 15.9 Å². The molecule has 0 saturated carbocycles. The Bertz CT molecular complexity index is 794. The molecule has 0 fully saturated rings. The molecule has 3 rings (SSSR count). The minimum atomic E-state index is -0.489. The number of thiophene rings is 1. The highest BCUT2D eigenvalue weighted by molar-refractivity contribution is 9.10. The van der Waals surface area contributed by atoms with Crippen LogP contribution in [0.5, 0.6) is 0 Å². The maximum atomic E-state index is 13.9. The molecule has 0 unspecified atom stereocenters. The highest BCUT2D eigenvalue weighted by Crippen LogP contribution is 2.27. The van der Waals surface area contributed by atoms with Crippen LogP contribution in [0, 0.1) is 5.82 Å². The largest absolute Gasteiger partial charge is 0.294 e. The van der Waals surface area contributed by atoms with Crippen molar-refractivity contribution in [3.8, 4) is 0 Å². The first-order chi connectivity index (χ1) is 9.66. The summed E-state index contributed by atoms with van der Waals surface area (Å²) in [6, 6.07) is 12.7. The van der Waals surface area contributed by atoms with Crippen molar-refractivity contribution in [2.45, 2.75) is 6.42 Å². The minimum absolute atomic E-state index is 0.134. The van der Waals surface area contributed by atoms with Gasteiger partial charge < -0.3 is 0 Å². The molecular weight excluding hydrogens is 339 g/mol. The van der Waals surface area contributed by atoms with Gasteiger partial charge in [-0.2, -0.15) is 0 Å². The molecule has 0 aliphatic heterocycles. The van der Waals surface area contributed by atoms with Crippen LogP contribution in [0.4, 0.5) is 4.39 Å². The van der Waals surface area contributed by atoms with E-state index in [-0.39, 0.29) is 17.8 Å². The molecule has 20 heavy (non-hydrogen) atoms. The van der Waals surface area contributed by atoms with Crippen molar-refractivity contribution in [2.24, 2.45) is 0 Å². The third-order valence-electron chi connectivity index (χ3n) is 3.16. The van der Waals surface area contributed by atoms with Gasteiger partial charge in [0.1, 0.15) is 5.82 Å². The second kappa shape index (κ2) is 5.46. The Kier molecular flexibility index (Phi) is 3.68. The predicted octanol–water partition coefficient (Wildman–Crippen LogP) is 5.23. The highest BCUT2D eigenvalue weighted by atomic mass is 79.9. The van der Waals surface area contributed by atoms with E-state index < -0.39 is 5.82 Å². The Morgan fingerprint density at radius 3 is 2.80 bits per heavy atom. The monoisotopic (exact) mass is 348 g/mol. The molecule has 0 bridgehead atoms. The first-order valence-electron chi connectivity index (χ1n) is 6.09. The molecular formula is C16H10BrFOS. The number of fused-ring (bicyclic) bond motifs is 1. The van der Waals surface area contributed by atoms with Crippen molar-refractivity contribution in [2.75, 3.05) is 0 Å². The van der Waals surface area contributed by atoms with E-state index >= 15 is 0 Å². The lowest BCUT2D eigenvalue weighted by Gasteiger charge is -2.03. The van der Waals surface area contributed by atoms with Crippen molar-refractivity contribution in [1.82, 2.24) is 0 Å². The number of ketones is 1. The molecule has 0 saturated heterocycles. The molecule has 1 heterocycles. The Morgan fingerprint density at radius 1 is 1.15 bits per heavy atom. The van der Waals surface area contributed by atoms with Gasteiger partial charge in [-0.15, -0.1) is 11.3 Å². The molecule has 0 aliphatic rings. The third-order valence-corrected chi connectivity index (χ3v) is 4.79. The smallest absolute Gasteiger partial charge is 0.170 e. The standard InChI is InChI=1S/C16H10BrFOS/c17-13-6-3-5-12(16(13)18)14(19)8-10-9-20-15-7-2-1-4-11(10)15/h1-7,9H,8H2. The molecule has 100 valence electrons. The lowest BCUT2D eigenvalue weighted by atomic mass is 10.0. The van der Waals surface area contributed by atoms with Gasteiger partial charge in [-0.3, -0.25) is 4.79 Å². The first kappa shape index (κ1) is 13.5. The maximum absolute atomic E-state index is 13.9. The van der Waals surface area contributed by atoms with Crippen LogP contribution in [0.25, 0.3) is 10.1 Å². The molecule has 0 amide bonds. The zero-order chi connectivity index (χ0) is 14.1. The second-order valence-corrected chi connectivity index (χ2v) is 6.22. The van der Waals surface area contributed by atoms with E-state index in [1.807, 2.05) is 29.6 Å². The number of carbonyl (C=O) groups excluding carboxylic acids is 1. The van der Waals surface area contributed by atoms with Gasteiger partial charge in [-0.1, -0.05) is 24.3 Å². The van der Waals surface area contributed by atoms with E-state index in [1.54, 1.807) is 23.5 Å². The molecule has 3 aromatic rings. The predicted molar refractivity (Wildman–Crippen MR) is 84.0 cm³/mol. The lowest BCUT2D eigenvalue weighted by Crippen LogP contribution is -2.06. The van der Waals surface area contributed by atoms with E-state index in [0.717, 1.165) is 15.6 Å². The Labute approximate surface area is 128 Å². The van der Waals surface area contributed by atoms with Gasteiger partial charge in [0.25, 0.3) is 0 Å². The fourth-order valence-corrected chi connectivity index (χ4v) is 3.49. The summed E-state index contributed by atoms with van der Waals surface area (Å²) in [5.41, 5.74) is 1.09. The van der Waals surface area contributed by atoms with E-state index in [4.69, 9.17) is 0 Å². The number of Topliss-reactive ketones (excluding diaryl/α,β-unsaturated/α-hetero) is 1. The van der Waals surface area contributed by atoms with Crippen LogP contribution >= 0.6 is 27.3 Å². The summed E-state index contributed by atoms with van der Waals surface area (Å²) < 4.78 is 15.4. The molecule has 0 spiro atoms. The normalized spacial score (nSPS) is 10.9. The summed E-state index contributed by atoms with van der Waals surface area (Å²) in [7, 11) is 0. The SMILES string of the molecule is O=C(Cc1csc2ccccc12)c1cccc(Br)c1F. The van der Waals surface area contributed by atoms with Gasteiger partial charge in [0.05, 0.1) is 10.0 Å². The maximum Gasteiger partial charge on any atom is 0.170 e. The average molecular weight is 349 g/mol. The topological polar surface area (TPSA) is 17.1 Å². The molecule has 4 heteroatoms. The Hall–Kier alpha value is -1.52. The van der Waals surface area contributed by atoms with Crippen LogP contribution in [0.15, 0.2) is 52.3 Å². The molecule has 2 aromatic carbocycles. The van der Waals surface area contributed by atoms with Crippen molar-refractivity contribution in [3.63, 3.8) is 0 Å². The molecule has 0 atom stereocenters. The van der Waals surface area contributed by atoms with Gasteiger partial charge in [-0.25, -0.2) is 4.39 Å². The summed E-state index contributed by atoms with van der Waals surface area (Å²) >= 11 is 4.71. The van der Waals surface area contributed by atoms with Crippen molar-refractivity contribution in [3.05, 3.63) is 69.3 Å². The quantitative estimate of drug-likeness (QED) is 0.592. The minimum Gasteiger partial charge on any atom is -0.294 e. The van der Waals surface area contributed by atoms with E-state index in [1.165, 1.54) is 6.07 Å². The summed E-state index contributed by atoms with van der Waals surface area (Å²) in [6.07, 6.45) is 0.220. The average Bonchev–Trinajstić information content (AvgIpc) is 2.85. The first-order valence-corrected chi connectivity index (χ1v) is 7.76. The zero-order valence-electron chi connectivity index (χ0n) is 10.4. The van der Waals surface area contributed by atoms with E-state index in [9.17, 15) is 9.18 Å². The summed E-state index contributed by atoms with van der Waals surface area (Å²) in [4.78, 5) is 12.3. The third kappa shape index (κ3) is 2.41. The van der Waals surface area contributed by atoms with Crippen LogP contribution in [0.2, 0.25) is 0 Å². The van der Waals surface area contributed by atoms with Crippen molar-refractivity contribution < 1.29 is 9.18 Å². The van der Waals surface area contributed by atoms with E-state index in [2.05, 4.69) is 15.9 Å². The molecule has 1 nitrogen and oxygen atoms in total. The van der Waals surface area contributed by atoms with Crippen LogP contribution in [-0.4, -0.2) is 5.78 Å². The second-order valence-electron chi connectivity index (χ2n) is 4.46. The fraction of sp³-hybridized carbons (Fsp3) is 0.0625. The molecule has 0 aliphatic carbocycles. The fourth-order valence-electron chi connectivity index (χ4n) is 2.16. The highest BCUT2D eigenvalue weighted by Gasteiger charge is 2.16. The van der Waals surface area contributed by atoms with Crippen LogP contribution in [-0.2, 0) is 6.42 Å². The van der Waals surface area contributed by atoms with Gasteiger partial charge in [0.2, 0.25) is 0 Å². The number of rotatable bonds is 3. The van der Waals surface area contributed by atoms with Gasteiger partial charge in [0.15, 0.2) is 5.78 Å².